The molecule has 1 fully saturated rings. The van der Waals surface area contributed by atoms with Crippen LogP contribution in [0.25, 0.3) is 0 Å². The van der Waals surface area contributed by atoms with E-state index in [-0.39, 0.29) is 5.91 Å². The lowest BCUT2D eigenvalue weighted by molar-refractivity contribution is -0.135. The van der Waals surface area contributed by atoms with Crippen molar-refractivity contribution in [2.75, 3.05) is 33.6 Å². The van der Waals surface area contributed by atoms with Crippen LogP contribution in [0, 0.1) is 0 Å². The van der Waals surface area contributed by atoms with Crippen LogP contribution in [0.15, 0.2) is 18.2 Å². The largest absolute Gasteiger partial charge is 0.493 e. The van der Waals surface area contributed by atoms with Gasteiger partial charge in [-0.25, -0.2) is 8.42 Å². The summed E-state index contributed by atoms with van der Waals surface area (Å²) in [5, 5.41) is 0. The van der Waals surface area contributed by atoms with Crippen LogP contribution in [0.4, 0.5) is 0 Å². The Bertz CT molecular complexity index is 720. The van der Waals surface area contributed by atoms with Gasteiger partial charge in [0.15, 0.2) is 11.5 Å². The monoisotopic (exact) mass is 370 g/mol. The molecule has 0 aromatic heterocycles. The van der Waals surface area contributed by atoms with Gasteiger partial charge in [0, 0.05) is 19.6 Å². The van der Waals surface area contributed by atoms with E-state index < -0.39 is 16.1 Å². The highest BCUT2D eigenvalue weighted by Gasteiger charge is 2.38. The van der Waals surface area contributed by atoms with Gasteiger partial charge in [-0.15, -0.1) is 0 Å². The van der Waals surface area contributed by atoms with Crippen LogP contribution in [0.5, 0.6) is 11.5 Å². The number of sulfonamides is 1. The number of likely N-dealkylation sites (N-methyl/N-ethyl adjacent to an activating group) is 1. The van der Waals surface area contributed by atoms with Crippen LogP contribution in [-0.2, 0) is 21.4 Å². The van der Waals surface area contributed by atoms with Crippen LogP contribution >= 0.6 is 0 Å². The molecule has 0 bridgehead atoms. The SMILES string of the molecule is CCN(Cc1ccc(OC)c(OC)c1)C(=O)C1CCCN1S(C)(=O)=O. The van der Waals surface area contributed by atoms with Gasteiger partial charge < -0.3 is 14.4 Å². The second-order valence-electron chi connectivity index (χ2n) is 6.07. The highest BCUT2D eigenvalue weighted by Crippen LogP contribution is 2.29. The first-order chi connectivity index (χ1) is 11.8. The summed E-state index contributed by atoms with van der Waals surface area (Å²) in [6.45, 7) is 3.19. The van der Waals surface area contributed by atoms with Crippen LogP contribution < -0.4 is 9.47 Å². The second kappa shape index (κ2) is 8.05. The van der Waals surface area contributed by atoms with E-state index in [0.717, 1.165) is 11.8 Å². The number of amides is 1. The Hall–Kier alpha value is -1.80. The van der Waals surface area contributed by atoms with Gasteiger partial charge in [-0.2, -0.15) is 4.31 Å². The number of ether oxygens (including phenoxy) is 2. The summed E-state index contributed by atoms with van der Waals surface area (Å²) < 4.78 is 35.6. The average molecular weight is 370 g/mol. The molecular formula is C17H26N2O5S. The molecule has 0 N–H and O–H groups in total. The fourth-order valence-electron chi connectivity index (χ4n) is 3.14. The van der Waals surface area contributed by atoms with E-state index in [9.17, 15) is 13.2 Å². The molecule has 1 atom stereocenters. The van der Waals surface area contributed by atoms with E-state index in [0.29, 0.717) is 44.0 Å². The van der Waals surface area contributed by atoms with Gasteiger partial charge in [0.2, 0.25) is 15.9 Å². The quantitative estimate of drug-likeness (QED) is 0.727. The van der Waals surface area contributed by atoms with Crippen molar-refractivity contribution < 1.29 is 22.7 Å². The maximum Gasteiger partial charge on any atom is 0.241 e. The molecule has 1 aliphatic heterocycles. The molecule has 1 aromatic carbocycles. The fourth-order valence-corrected chi connectivity index (χ4v) is 4.26. The summed E-state index contributed by atoms with van der Waals surface area (Å²) in [6.07, 6.45) is 2.43. The Kier molecular flexibility index (Phi) is 6.29. The zero-order valence-electron chi connectivity index (χ0n) is 15.2. The van der Waals surface area contributed by atoms with Gasteiger partial charge in [-0.3, -0.25) is 4.79 Å². The average Bonchev–Trinajstić information content (AvgIpc) is 3.08. The van der Waals surface area contributed by atoms with Gasteiger partial charge in [0.1, 0.15) is 6.04 Å². The Morgan fingerprint density at radius 3 is 2.52 bits per heavy atom. The van der Waals surface area contributed by atoms with Crippen molar-refractivity contribution in [1.82, 2.24) is 9.21 Å². The number of hydrogen-bond acceptors (Lipinski definition) is 5. The lowest BCUT2D eigenvalue weighted by Crippen LogP contribution is -2.47. The van der Waals surface area contributed by atoms with E-state index in [1.165, 1.54) is 4.31 Å². The van der Waals surface area contributed by atoms with E-state index in [4.69, 9.17) is 9.47 Å². The first-order valence-corrected chi connectivity index (χ1v) is 10.1. The number of benzene rings is 1. The highest BCUT2D eigenvalue weighted by molar-refractivity contribution is 7.88. The Morgan fingerprint density at radius 1 is 1.28 bits per heavy atom. The molecule has 140 valence electrons. The smallest absolute Gasteiger partial charge is 0.241 e. The summed E-state index contributed by atoms with van der Waals surface area (Å²) in [4.78, 5) is 14.6. The molecule has 1 amide bonds. The Morgan fingerprint density at radius 2 is 1.96 bits per heavy atom. The Balaban J connectivity index is 2.18. The number of methoxy groups -OCH3 is 2. The lowest BCUT2D eigenvalue weighted by atomic mass is 10.1. The highest BCUT2D eigenvalue weighted by atomic mass is 32.2. The van der Waals surface area contributed by atoms with Crippen molar-refractivity contribution in [1.29, 1.82) is 0 Å². The van der Waals surface area contributed by atoms with Crippen LogP contribution in [0.1, 0.15) is 25.3 Å². The van der Waals surface area contributed by atoms with Crippen molar-refractivity contribution in [3.8, 4) is 11.5 Å². The van der Waals surface area contributed by atoms with Gasteiger partial charge in [0.25, 0.3) is 0 Å². The molecule has 7 nitrogen and oxygen atoms in total. The molecule has 0 saturated carbocycles. The number of carbonyl (C=O) groups is 1. The zero-order valence-corrected chi connectivity index (χ0v) is 16.0. The van der Waals surface area contributed by atoms with E-state index >= 15 is 0 Å². The minimum atomic E-state index is -3.38. The molecule has 8 heteroatoms. The predicted octanol–water partition coefficient (Wildman–Crippen LogP) is 1.48. The lowest BCUT2D eigenvalue weighted by Gasteiger charge is -2.28. The minimum Gasteiger partial charge on any atom is -0.493 e. The zero-order chi connectivity index (χ0) is 18.6. The van der Waals surface area contributed by atoms with Crippen LogP contribution in [0.3, 0.4) is 0 Å². The van der Waals surface area contributed by atoms with E-state index in [1.807, 2.05) is 19.1 Å². The number of hydrogen-bond donors (Lipinski definition) is 0. The molecular weight excluding hydrogens is 344 g/mol. The van der Waals surface area contributed by atoms with Crippen molar-refractivity contribution in [3.63, 3.8) is 0 Å². The van der Waals surface area contributed by atoms with Gasteiger partial charge in [0.05, 0.1) is 20.5 Å². The third-order valence-electron chi connectivity index (χ3n) is 4.43. The molecule has 0 spiro atoms. The maximum atomic E-state index is 12.9. The summed E-state index contributed by atoms with van der Waals surface area (Å²) >= 11 is 0. The number of rotatable bonds is 7. The molecule has 1 unspecified atom stereocenters. The molecule has 1 heterocycles. The first kappa shape index (κ1) is 19.5. The predicted molar refractivity (Wildman–Crippen MR) is 95.2 cm³/mol. The number of carbonyl (C=O) groups excluding carboxylic acids is 1. The summed E-state index contributed by atoms with van der Waals surface area (Å²) in [5.41, 5.74) is 0.900. The summed E-state index contributed by atoms with van der Waals surface area (Å²) in [7, 11) is -0.251. The first-order valence-electron chi connectivity index (χ1n) is 8.28. The Labute approximate surface area is 149 Å². The van der Waals surface area contributed by atoms with Crippen LogP contribution in [-0.4, -0.2) is 63.1 Å². The topological polar surface area (TPSA) is 76.2 Å². The van der Waals surface area contributed by atoms with Crippen LogP contribution in [0.2, 0.25) is 0 Å². The third kappa shape index (κ3) is 4.43. The molecule has 25 heavy (non-hydrogen) atoms. The molecule has 1 saturated heterocycles. The molecule has 0 aliphatic carbocycles. The number of nitrogens with zero attached hydrogens (tertiary/aromatic N) is 2. The summed E-state index contributed by atoms with van der Waals surface area (Å²) in [6, 6.07) is 4.90. The van der Waals surface area contributed by atoms with Crippen molar-refractivity contribution in [2.24, 2.45) is 0 Å². The normalized spacial score (nSPS) is 18.2. The second-order valence-corrected chi connectivity index (χ2v) is 8.01. The molecule has 0 radical (unpaired) electrons. The molecule has 2 rings (SSSR count). The van der Waals surface area contributed by atoms with Gasteiger partial charge >= 0.3 is 0 Å². The fraction of sp³-hybridized carbons (Fsp3) is 0.588. The maximum absolute atomic E-state index is 12.9. The molecule has 1 aromatic rings. The van der Waals surface area contributed by atoms with E-state index in [2.05, 4.69) is 0 Å². The van der Waals surface area contributed by atoms with Crippen molar-refractivity contribution in [2.45, 2.75) is 32.4 Å². The molecule has 1 aliphatic rings. The standard InChI is InChI=1S/C17H26N2O5S/c1-5-18(12-13-8-9-15(23-2)16(11-13)24-3)17(20)14-7-6-10-19(14)25(4,21)22/h8-9,11,14H,5-7,10,12H2,1-4H3. The minimum absolute atomic E-state index is 0.153. The van der Waals surface area contributed by atoms with Gasteiger partial charge in [-0.05, 0) is 37.5 Å². The van der Waals surface area contributed by atoms with Crippen molar-refractivity contribution >= 4 is 15.9 Å². The third-order valence-corrected chi connectivity index (χ3v) is 5.72. The van der Waals surface area contributed by atoms with Crippen molar-refractivity contribution in [3.05, 3.63) is 23.8 Å². The van der Waals surface area contributed by atoms with E-state index in [1.54, 1.807) is 25.2 Å². The summed E-state index contributed by atoms with van der Waals surface area (Å²) in [5.74, 6) is 1.07. The van der Waals surface area contributed by atoms with Gasteiger partial charge in [-0.1, -0.05) is 6.07 Å².